The van der Waals surface area contributed by atoms with Crippen LogP contribution in [0.15, 0.2) is 30.3 Å². The van der Waals surface area contributed by atoms with Gasteiger partial charge in [0.1, 0.15) is 0 Å². The second kappa shape index (κ2) is 6.77. The molecule has 12 heavy (non-hydrogen) atoms. The fraction of sp³-hybridized carbons (Fsp3) is 0.125. The fourth-order valence-electron chi connectivity index (χ4n) is 0.513. The Bertz CT molecular complexity index is 219. The maximum atomic E-state index is 9.00. The summed E-state index contributed by atoms with van der Waals surface area (Å²) >= 11 is 0. The third-order valence-corrected chi connectivity index (χ3v) is 1.49. The molecule has 0 fully saturated rings. The number of benzene rings is 1. The Balaban J connectivity index is 0.000000261. The number of aliphatic carboxylic acids is 1. The zero-order valence-electron chi connectivity index (χ0n) is 6.69. The van der Waals surface area contributed by atoms with Crippen molar-refractivity contribution in [2.24, 2.45) is 0 Å². The number of carboxylic acids is 1. The first-order valence-electron chi connectivity index (χ1n) is 3.31. The van der Waals surface area contributed by atoms with Crippen molar-refractivity contribution in [3.8, 4) is 0 Å². The molecule has 0 aromatic heterocycles. The highest BCUT2D eigenvalue weighted by molar-refractivity contribution is 7.40. The maximum Gasteiger partial charge on any atom is 0.300 e. The molecule has 0 aliphatic rings. The molecular formula is C8H11O3P. The van der Waals surface area contributed by atoms with E-state index >= 15 is 0 Å². The Hall–Kier alpha value is -0.920. The zero-order chi connectivity index (χ0) is 9.40. The van der Waals surface area contributed by atoms with E-state index in [0.717, 1.165) is 12.2 Å². The van der Waals surface area contributed by atoms with Crippen LogP contribution in [0, 0.1) is 0 Å². The maximum absolute atomic E-state index is 9.00. The highest BCUT2D eigenvalue weighted by Gasteiger charge is 1.81. The van der Waals surface area contributed by atoms with Crippen molar-refractivity contribution in [2.45, 2.75) is 6.92 Å². The molecule has 66 valence electrons. The van der Waals surface area contributed by atoms with Gasteiger partial charge >= 0.3 is 0 Å². The van der Waals surface area contributed by atoms with Crippen molar-refractivity contribution < 1.29 is 14.8 Å². The number of hydrogen-bond donors (Lipinski definition) is 2. The van der Waals surface area contributed by atoms with E-state index in [4.69, 9.17) is 14.8 Å². The van der Waals surface area contributed by atoms with Gasteiger partial charge in [0.25, 0.3) is 5.97 Å². The molecule has 0 saturated carbocycles. The lowest BCUT2D eigenvalue weighted by Crippen LogP contribution is -1.88. The van der Waals surface area contributed by atoms with E-state index in [-0.39, 0.29) is 8.81 Å². The van der Waals surface area contributed by atoms with Crippen LogP contribution < -0.4 is 5.30 Å². The SMILES string of the molecule is CC(=O)O.OPc1ccccc1. The van der Waals surface area contributed by atoms with E-state index in [1.54, 1.807) is 0 Å². The second-order valence-corrected chi connectivity index (χ2v) is 2.80. The Morgan fingerprint density at radius 1 is 1.33 bits per heavy atom. The molecule has 1 aromatic carbocycles. The van der Waals surface area contributed by atoms with Crippen LogP contribution in [0.1, 0.15) is 6.92 Å². The molecule has 1 atom stereocenters. The van der Waals surface area contributed by atoms with Gasteiger partial charge in [0.2, 0.25) is 0 Å². The molecule has 0 saturated heterocycles. The molecule has 0 aliphatic carbocycles. The molecule has 2 N–H and O–H groups in total. The van der Waals surface area contributed by atoms with Crippen LogP contribution in [-0.2, 0) is 4.79 Å². The summed E-state index contributed by atoms with van der Waals surface area (Å²) in [5.74, 6) is -0.833. The smallest absolute Gasteiger partial charge is 0.300 e. The summed E-state index contributed by atoms with van der Waals surface area (Å²) in [4.78, 5) is 17.6. The van der Waals surface area contributed by atoms with Crippen molar-refractivity contribution in [3.05, 3.63) is 30.3 Å². The summed E-state index contributed by atoms with van der Waals surface area (Å²) in [6.45, 7) is 1.08. The summed E-state index contributed by atoms with van der Waals surface area (Å²) in [6, 6.07) is 9.57. The molecule has 1 rings (SSSR count). The first kappa shape index (κ1) is 11.1. The average molecular weight is 186 g/mol. The average Bonchev–Trinajstić information content (AvgIpc) is 2.05. The molecule has 0 amide bonds. The molecule has 3 nitrogen and oxygen atoms in total. The van der Waals surface area contributed by atoms with Gasteiger partial charge < -0.3 is 10.00 Å². The van der Waals surface area contributed by atoms with Gasteiger partial charge in [-0.2, -0.15) is 0 Å². The fourth-order valence-corrected chi connectivity index (χ4v) is 0.854. The Morgan fingerprint density at radius 3 is 2.00 bits per heavy atom. The van der Waals surface area contributed by atoms with Crippen LogP contribution in [0.25, 0.3) is 0 Å². The molecule has 0 radical (unpaired) electrons. The van der Waals surface area contributed by atoms with Crippen molar-refractivity contribution in [3.63, 3.8) is 0 Å². The Kier molecular flexibility index (Phi) is 6.25. The van der Waals surface area contributed by atoms with Crippen LogP contribution in [0.3, 0.4) is 0 Å². The van der Waals surface area contributed by atoms with E-state index < -0.39 is 5.97 Å². The van der Waals surface area contributed by atoms with Crippen LogP contribution in [-0.4, -0.2) is 16.0 Å². The van der Waals surface area contributed by atoms with Gasteiger partial charge in [-0.05, 0) is 5.30 Å². The first-order valence-corrected chi connectivity index (χ1v) is 4.26. The summed E-state index contributed by atoms with van der Waals surface area (Å²) in [6.07, 6.45) is 0. The number of carboxylic acid groups (broad SMARTS) is 1. The normalized spacial score (nSPS) is 9.17. The molecule has 1 unspecified atom stereocenters. The zero-order valence-corrected chi connectivity index (χ0v) is 7.69. The molecule has 0 spiro atoms. The second-order valence-electron chi connectivity index (χ2n) is 2.00. The number of rotatable bonds is 1. The third kappa shape index (κ3) is 7.19. The van der Waals surface area contributed by atoms with Crippen molar-refractivity contribution in [1.29, 1.82) is 0 Å². The monoisotopic (exact) mass is 186 g/mol. The predicted molar refractivity (Wildman–Crippen MR) is 49.9 cm³/mol. The summed E-state index contributed by atoms with van der Waals surface area (Å²) in [5, 5.41) is 8.41. The lowest BCUT2D eigenvalue weighted by molar-refractivity contribution is -0.134. The van der Waals surface area contributed by atoms with Gasteiger partial charge in [-0.15, -0.1) is 0 Å². The van der Waals surface area contributed by atoms with Crippen LogP contribution in [0.4, 0.5) is 0 Å². The van der Waals surface area contributed by atoms with Crippen molar-refractivity contribution in [2.75, 3.05) is 0 Å². The van der Waals surface area contributed by atoms with E-state index in [1.165, 1.54) is 0 Å². The standard InChI is InChI=1S/C6H7OP.C2H4O2/c7-8-6-4-2-1-3-5-6;1-2(3)4/h1-5,7-8H;1H3,(H,3,4). The van der Waals surface area contributed by atoms with E-state index in [9.17, 15) is 0 Å². The largest absolute Gasteiger partial charge is 0.481 e. The van der Waals surface area contributed by atoms with E-state index in [2.05, 4.69) is 0 Å². The number of carbonyl (C=O) groups is 1. The lowest BCUT2D eigenvalue weighted by atomic mass is 10.4. The molecule has 0 aliphatic heterocycles. The van der Waals surface area contributed by atoms with Gasteiger partial charge in [0, 0.05) is 15.7 Å². The predicted octanol–water partition coefficient (Wildman–Crippen LogP) is 0.989. The Labute approximate surface area is 72.9 Å². The quantitative estimate of drug-likeness (QED) is 0.643. The highest BCUT2D eigenvalue weighted by atomic mass is 31.1. The van der Waals surface area contributed by atoms with Gasteiger partial charge in [0.15, 0.2) is 0 Å². The van der Waals surface area contributed by atoms with Crippen LogP contribution >= 0.6 is 8.81 Å². The summed E-state index contributed by atoms with van der Waals surface area (Å²) in [5.41, 5.74) is 0. The number of hydrogen-bond acceptors (Lipinski definition) is 2. The topological polar surface area (TPSA) is 57.5 Å². The molecule has 0 bridgehead atoms. The van der Waals surface area contributed by atoms with E-state index in [0.29, 0.717) is 0 Å². The minimum Gasteiger partial charge on any atom is -0.481 e. The van der Waals surface area contributed by atoms with Crippen molar-refractivity contribution >= 4 is 20.1 Å². The minimum absolute atomic E-state index is 0.0700. The summed E-state index contributed by atoms with van der Waals surface area (Å²) in [7, 11) is -0.0700. The lowest BCUT2D eigenvalue weighted by Gasteiger charge is -1.88. The van der Waals surface area contributed by atoms with Crippen LogP contribution in [0.2, 0.25) is 0 Å². The minimum atomic E-state index is -0.833. The van der Waals surface area contributed by atoms with E-state index in [1.807, 2.05) is 30.3 Å². The third-order valence-electron chi connectivity index (χ3n) is 0.903. The van der Waals surface area contributed by atoms with Gasteiger partial charge in [-0.1, -0.05) is 30.3 Å². The Morgan fingerprint density at radius 2 is 1.75 bits per heavy atom. The van der Waals surface area contributed by atoms with Crippen molar-refractivity contribution in [1.82, 2.24) is 0 Å². The first-order chi connectivity index (χ1) is 5.66. The molecular weight excluding hydrogens is 175 g/mol. The van der Waals surface area contributed by atoms with Gasteiger partial charge in [0.05, 0.1) is 0 Å². The molecule has 4 heteroatoms. The highest BCUT2D eigenvalue weighted by Crippen LogP contribution is 1.99. The molecule has 1 aromatic rings. The summed E-state index contributed by atoms with van der Waals surface area (Å²) < 4.78 is 0. The van der Waals surface area contributed by atoms with Gasteiger partial charge in [-0.3, -0.25) is 4.79 Å². The molecule has 0 heterocycles. The van der Waals surface area contributed by atoms with Crippen LogP contribution in [0.5, 0.6) is 0 Å². The van der Waals surface area contributed by atoms with Gasteiger partial charge in [-0.25, -0.2) is 0 Å².